The molecule has 5 nitrogen and oxygen atoms in total. The number of nitrogens with two attached hydrogens (primary N) is 1. The number of carbonyl (C=O) groups excluding carboxylic acids is 1. The van der Waals surface area contributed by atoms with Crippen LogP contribution in [-0.2, 0) is 6.54 Å². The van der Waals surface area contributed by atoms with Gasteiger partial charge in [0.15, 0.2) is 0 Å². The van der Waals surface area contributed by atoms with Crippen molar-refractivity contribution in [3.05, 3.63) is 52.5 Å². The second-order valence-corrected chi connectivity index (χ2v) is 5.20. The number of carbonyl (C=O) groups is 1. The maximum atomic E-state index is 12.3. The molecule has 0 saturated heterocycles. The third kappa shape index (κ3) is 2.46. The molecular formula is C14H12N4OS. The number of hydrogen-bond donors (Lipinski definition) is 2. The van der Waals surface area contributed by atoms with Crippen LogP contribution in [0.15, 0.2) is 41.9 Å². The van der Waals surface area contributed by atoms with Crippen LogP contribution in [0.3, 0.4) is 0 Å². The number of nitrogens with zero attached hydrogens (tertiary/aromatic N) is 2. The Hall–Kier alpha value is -2.47. The summed E-state index contributed by atoms with van der Waals surface area (Å²) in [6, 6.07) is 9.03. The fourth-order valence-corrected chi connectivity index (χ4v) is 2.53. The van der Waals surface area contributed by atoms with Crippen LogP contribution in [0.4, 0.5) is 5.82 Å². The number of nitrogen functional groups attached to an aromatic ring is 1. The van der Waals surface area contributed by atoms with Crippen LogP contribution in [0.2, 0.25) is 0 Å². The highest BCUT2D eigenvalue weighted by Crippen LogP contribution is 2.19. The van der Waals surface area contributed by atoms with Crippen molar-refractivity contribution in [1.29, 1.82) is 0 Å². The van der Waals surface area contributed by atoms with Crippen LogP contribution in [0, 0.1) is 0 Å². The second kappa shape index (κ2) is 5.26. The molecule has 0 bridgehead atoms. The van der Waals surface area contributed by atoms with Gasteiger partial charge in [0.2, 0.25) is 0 Å². The summed E-state index contributed by atoms with van der Waals surface area (Å²) < 4.78 is 0. The Labute approximate surface area is 119 Å². The first-order valence-electron chi connectivity index (χ1n) is 6.06. The molecule has 0 saturated carbocycles. The maximum absolute atomic E-state index is 12.3. The first kappa shape index (κ1) is 12.6. The van der Waals surface area contributed by atoms with E-state index < -0.39 is 0 Å². The van der Waals surface area contributed by atoms with Crippen LogP contribution >= 0.6 is 11.3 Å². The molecule has 0 fully saturated rings. The van der Waals surface area contributed by atoms with Gasteiger partial charge in [-0.25, -0.2) is 9.97 Å². The zero-order valence-electron chi connectivity index (χ0n) is 10.5. The summed E-state index contributed by atoms with van der Waals surface area (Å²) >= 11 is 1.50. The fraction of sp³-hybridized carbons (Fsp3) is 0.0714. The van der Waals surface area contributed by atoms with Crippen molar-refractivity contribution in [2.24, 2.45) is 0 Å². The third-order valence-corrected chi connectivity index (χ3v) is 3.64. The minimum Gasteiger partial charge on any atom is -0.384 e. The summed E-state index contributed by atoms with van der Waals surface area (Å²) in [7, 11) is 0. The number of amides is 1. The standard InChI is InChI=1S/C14H12N4OS/c15-12-7-10(9-3-1-2-4-11(9)18-12)14(19)17-8-13-16-5-6-20-13/h1-7H,8H2,(H2,15,18)(H,17,19). The quantitative estimate of drug-likeness (QED) is 0.772. The van der Waals surface area contributed by atoms with Gasteiger partial charge < -0.3 is 11.1 Å². The number of pyridine rings is 1. The zero-order valence-corrected chi connectivity index (χ0v) is 11.4. The average molecular weight is 284 g/mol. The van der Waals surface area contributed by atoms with Crippen molar-refractivity contribution < 1.29 is 4.79 Å². The Morgan fingerprint density at radius 3 is 3.00 bits per heavy atom. The lowest BCUT2D eigenvalue weighted by Crippen LogP contribution is -2.23. The van der Waals surface area contributed by atoms with Gasteiger partial charge in [-0.1, -0.05) is 18.2 Å². The number of nitrogens with one attached hydrogen (secondary N) is 1. The lowest BCUT2D eigenvalue weighted by atomic mass is 10.1. The van der Waals surface area contributed by atoms with Crippen molar-refractivity contribution in [1.82, 2.24) is 15.3 Å². The fourth-order valence-electron chi connectivity index (χ4n) is 1.98. The Morgan fingerprint density at radius 2 is 2.20 bits per heavy atom. The molecule has 20 heavy (non-hydrogen) atoms. The predicted octanol–water partition coefficient (Wildman–Crippen LogP) is 2.20. The molecule has 0 aliphatic carbocycles. The minimum atomic E-state index is -0.175. The first-order chi connectivity index (χ1) is 9.74. The number of fused-ring (bicyclic) bond motifs is 1. The second-order valence-electron chi connectivity index (χ2n) is 4.22. The largest absolute Gasteiger partial charge is 0.384 e. The molecular weight excluding hydrogens is 272 g/mol. The molecule has 0 atom stereocenters. The van der Waals surface area contributed by atoms with Crippen LogP contribution in [0.5, 0.6) is 0 Å². The average Bonchev–Trinajstić information content (AvgIpc) is 2.97. The van der Waals surface area contributed by atoms with E-state index in [9.17, 15) is 4.79 Å². The third-order valence-electron chi connectivity index (χ3n) is 2.86. The van der Waals surface area contributed by atoms with Crippen LogP contribution in [0.1, 0.15) is 15.4 Å². The SMILES string of the molecule is Nc1cc(C(=O)NCc2nccs2)c2ccccc2n1. The summed E-state index contributed by atoms with van der Waals surface area (Å²) in [5.74, 6) is 0.161. The molecule has 100 valence electrons. The summed E-state index contributed by atoms with van der Waals surface area (Å²) in [6.45, 7) is 0.410. The van der Waals surface area contributed by atoms with E-state index in [-0.39, 0.29) is 5.91 Å². The normalized spacial score (nSPS) is 10.6. The zero-order chi connectivity index (χ0) is 13.9. The monoisotopic (exact) mass is 284 g/mol. The number of benzene rings is 1. The molecule has 0 aliphatic heterocycles. The van der Waals surface area contributed by atoms with Gasteiger partial charge in [-0.05, 0) is 12.1 Å². The van der Waals surface area contributed by atoms with Crippen molar-refractivity contribution in [3.8, 4) is 0 Å². The Kier molecular flexibility index (Phi) is 3.30. The Bertz CT molecular complexity index is 755. The van der Waals surface area contributed by atoms with Crippen molar-refractivity contribution in [2.45, 2.75) is 6.54 Å². The molecule has 3 rings (SSSR count). The molecule has 2 aromatic heterocycles. The highest BCUT2D eigenvalue weighted by Gasteiger charge is 2.12. The molecule has 3 aromatic rings. The number of anilines is 1. The smallest absolute Gasteiger partial charge is 0.252 e. The van der Waals surface area contributed by atoms with E-state index in [0.717, 1.165) is 10.4 Å². The summed E-state index contributed by atoms with van der Waals surface area (Å²) in [4.78, 5) is 20.6. The van der Waals surface area contributed by atoms with Gasteiger partial charge >= 0.3 is 0 Å². The lowest BCUT2D eigenvalue weighted by molar-refractivity contribution is 0.0952. The van der Waals surface area contributed by atoms with Gasteiger partial charge in [-0.15, -0.1) is 11.3 Å². The first-order valence-corrected chi connectivity index (χ1v) is 6.94. The number of aromatic nitrogens is 2. The molecule has 1 aromatic carbocycles. The van der Waals surface area contributed by atoms with E-state index in [2.05, 4.69) is 15.3 Å². The molecule has 6 heteroatoms. The topological polar surface area (TPSA) is 80.9 Å². The van der Waals surface area contributed by atoms with E-state index in [4.69, 9.17) is 5.73 Å². The number of hydrogen-bond acceptors (Lipinski definition) is 5. The van der Waals surface area contributed by atoms with Gasteiger partial charge in [-0.3, -0.25) is 4.79 Å². The van der Waals surface area contributed by atoms with Crippen molar-refractivity contribution in [2.75, 3.05) is 5.73 Å². The van der Waals surface area contributed by atoms with E-state index in [1.807, 2.05) is 29.6 Å². The summed E-state index contributed by atoms with van der Waals surface area (Å²) in [5, 5.41) is 6.38. The molecule has 3 N–H and O–H groups in total. The summed E-state index contributed by atoms with van der Waals surface area (Å²) in [5.41, 5.74) is 7.00. The van der Waals surface area contributed by atoms with Gasteiger partial charge in [0.1, 0.15) is 10.8 Å². The van der Waals surface area contributed by atoms with Gasteiger partial charge in [0, 0.05) is 17.0 Å². The van der Waals surface area contributed by atoms with Crippen molar-refractivity contribution in [3.63, 3.8) is 0 Å². The van der Waals surface area contributed by atoms with Crippen LogP contribution in [-0.4, -0.2) is 15.9 Å². The number of para-hydroxylation sites is 1. The molecule has 0 unspecified atom stereocenters. The van der Waals surface area contributed by atoms with E-state index >= 15 is 0 Å². The van der Waals surface area contributed by atoms with Crippen LogP contribution < -0.4 is 11.1 Å². The van der Waals surface area contributed by atoms with Gasteiger partial charge in [-0.2, -0.15) is 0 Å². The molecule has 1 amide bonds. The molecule has 0 aliphatic rings. The number of rotatable bonds is 3. The van der Waals surface area contributed by atoms with E-state index in [1.54, 1.807) is 12.3 Å². The molecule has 0 spiro atoms. The molecule has 0 radical (unpaired) electrons. The lowest BCUT2D eigenvalue weighted by Gasteiger charge is -2.07. The van der Waals surface area contributed by atoms with E-state index in [1.165, 1.54) is 11.3 Å². The van der Waals surface area contributed by atoms with Crippen LogP contribution in [0.25, 0.3) is 10.9 Å². The Morgan fingerprint density at radius 1 is 1.35 bits per heavy atom. The molecule has 2 heterocycles. The Balaban J connectivity index is 1.90. The van der Waals surface area contributed by atoms with Gasteiger partial charge in [0.05, 0.1) is 17.6 Å². The highest BCUT2D eigenvalue weighted by atomic mass is 32.1. The summed E-state index contributed by atoms with van der Waals surface area (Å²) in [6.07, 6.45) is 1.71. The minimum absolute atomic E-state index is 0.175. The highest BCUT2D eigenvalue weighted by molar-refractivity contribution is 7.09. The predicted molar refractivity (Wildman–Crippen MR) is 79.4 cm³/mol. The number of thiazole rings is 1. The van der Waals surface area contributed by atoms with Gasteiger partial charge in [0.25, 0.3) is 5.91 Å². The van der Waals surface area contributed by atoms with Crippen molar-refractivity contribution >= 4 is 34.0 Å². The maximum Gasteiger partial charge on any atom is 0.252 e. The van der Waals surface area contributed by atoms with E-state index in [0.29, 0.717) is 23.4 Å².